The standard InChI is InChI=1S/C13H26N2O/c1-4-13(3)8-11(6-7-16-13)15(5-2)12-9-14-10-12/h11-12,14H,4-10H2,1-3H3. The van der Waals surface area contributed by atoms with Gasteiger partial charge in [-0.2, -0.15) is 0 Å². The molecule has 94 valence electrons. The molecule has 2 aliphatic rings. The molecule has 0 amide bonds. The second-order valence-electron chi connectivity index (χ2n) is 5.44. The van der Waals surface area contributed by atoms with E-state index in [2.05, 4.69) is 31.0 Å². The monoisotopic (exact) mass is 226 g/mol. The molecule has 2 rings (SSSR count). The third-order valence-electron chi connectivity index (χ3n) is 4.38. The van der Waals surface area contributed by atoms with E-state index >= 15 is 0 Å². The smallest absolute Gasteiger partial charge is 0.0666 e. The van der Waals surface area contributed by atoms with Gasteiger partial charge in [0.15, 0.2) is 0 Å². The Morgan fingerprint density at radius 3 is 2.56 bits per heavy atom. The Bertz CT molecular complexity index is 230. The molecule has 0 aromatic heterocycles. The Balaban J connectivity index is 1.96. The highest BCUT2D eigenvalue weighted by molar-refractivity contribution is 4.93. The Morgan fingerprint density at radius 2 is 2.06 bits per heavy atom. The lowest BCUT2D eigenvalue weighted by Crippen LogP contribution is -2.61. The molecular formula is C13H26N2O. The number of hydrogen-bond donors (Lipinski definition) is 1. The van der Waals surface area contributed by atoms with Gasteiger partial charge < -0.3 is 10.1 Å². The van der Waals surface area contributed by atoms with Crippen molar-refractivity contribution in [3.05, 3.63) is 0 Å². The highest BCUT2D eigenvalue weighted by Crippen LogP contribution is 2.31. The van der Waals surface area contributed by atoms with Crippen molar-refractivity contribution >= 4 is 0 Å². The Kier molecular flexibility index (Phi) is 3.88. The molecule has 16 heavy (non-hydrogen) atoms. The van der Waals surface area contributed by atoms with E-state index in [0.29, 0.717) is 0 Å². The molecule has 0 spiro atoms. The third-order valence-corrected chi connectivity index (χ3v) is 4.38. The molecule has 2 unspecified atom stereocenters. The zero-order chi connectivity index (χ0) is 11.6. The van der Waals surface area contributed by atoms with Gasteiger partial charge in [0.25, 0.3) is 0 Å². The second kappa shape index (κ2) is 5.03. The van der Waals surface area contributed by atoms with Crippen molar-refractivity contribution in [2.45, 2.75) is 57.7 Å². The SMILES string of the molecule is CCN(C1CNC1)C1CCOC(C)(CC)C1. The molecule has 0 saturated carbocycles. The van der Waals surface area contributed by atoms with Crippen LogP contribution in [0.25, 0.3) is 0 Å². The quantitative estimate of drug-likeness (QED) is 0.788. The highest BCUT2D eigenvalue weighted by atomic mass is 16.5. The summed E-state index contributed by atoms with van der Waals surface area (Å²) < 4.78 is 5.93. The van der Waals surface area contributed by atoms with Crippen molar-refractivity contribution in [2.24, 2.45) is 0 Å². The van der Waals surface area contributed by atoms with E-state index in [1.807, 2.05) is 0 Å². The third kappa shape index (κ3) is 2.41. The van der Waals surface area contributed by atoms with Crippen molar-refractivity contribution in [2.75, 3.05) is 26.2 Å². The normalized spacial score (nSPS) is 36.4. The lowest BCUT2D eigenvalue weighted by atomic mass is 9.88. The maximum absolute atomic E-state index is 5.93. The molecule has 3 heteroatoms. The Labute approximate surface area is 99.5 Å². The van der Waals surface area contributed by atoms with E-state index in [9.17, 15) is 0 Å². The zero-order valence-corrected chi connectivity index (χ0v) is 11.0. The van der Waals surface area contributed by atoms with Crippen LogP contribution in [0.2, 0.25) is 0 Å². The van der Waals surface area contributed by atoms with Crippen LogP contribution in [0.15, 0.2) is 0 Å². The van der Waals surface area contributed by atoms with Crippen molar-refractivity contribution in [3.8, 4) is 0 Å². The van der Waals surface area contributed by atoms with E-state index in [4.69, 9.17) is 4.74 Å². The van der Waals surface area contributed by atoms with Gasteiger partial charge in [-0.3, -0.25) is 4.90 Å². The van der Waals surface area contributed by atoms with Crippen LogP contribution >= 0.6 is 0 Å². The lowest BCUT2D eigenvalue weighted by molar-refractivity contribution is -0.104. The number of hydrogen-bond acceptors (Lipinski definition) is 3. The summed E-state index contributed by atoms with van der Waals surface area (Å²) >= 11 is 0. The van der Waals surface area contributed by atoms with Crippen LogP contribution in [-0.2, 0) is 4.74 Å². The summed E-state index contributed by atoms with van der Waals surface area (Å²) in [5.74, 6) is 0. The van der Waals surface area contributed by atoms with Gasteiger partial charge in [0.05, 0.1) is 5.60 Å². The van der Waals surface area contributed by atoms with Gasteiger partial charge in [0.2, 0.25) is 0 Å². The van der Waals surface area contributed by atoms with Crippen LogP contribution in [0.3, 0.4) is 0 Å². The number of likely N-dealkylation sites (N-methyl/N-ethyl adjacent to an activating group) is 1. The molecular weight excluding hydrogens is 200 g/mol. The summed E-state index contributed by atoms with van der Waals surface area (Å²) in [7, 11) is 0. The van der Waals surface area contributed by atoms with Gasteiger partial charge >= 0.3 is 0 Å². The summed E-state index contributed by atoms with van der Waals surface area (Å²) in [6.07, 6.45) is 3.54. The number of nitrogens with one attached hydrogen (secondary N) is 1. The lowest BCUT2D eigenvalue weighted by Gasteiger charge is -2.47. The van der Waals surface area contributed by atoms with Crippen molar-refractivity contribution < 1.29 is 4.74 Å². The largest absolute Gasteiger partial charge is 0.375 e. The number of rotatable bonds is 4. The van der Waals surface area contributed by atoms with E-state index in [1.54, 1.807) is 0 Å². The summed E-state index contributed by atoms with van der Waals surface area (Å²) in [5.41, 5.74) is 0.119. The van der Waals surface area contributed by atoms with E-state index in [-0.39, 0.29) is 5.60 Å². The minimum atomic E-state index is 0.119. The first kappa shape index (κ1) is 12.3. The van der Waals surface area contributed by atoms with E-state index < -0.39 is 0 Å². The second-order valence-corrected chi connectivity index (χ2v) is 5.44. The summed E-state index contributed by atoms with van der Waals surface area (Å²) in [4.78, 5) is 2.69. The molecule has 2 saturated heterocycles. The summed E-state index contributed by atoms with van der Waals surface area (Å²) in [6, 6.07) is 1.50. The highest BCUT2D eigenvalue weighted by Gasteiger charge is 2.37. The average Bonchev–Trinajstić information content (AvgIpc) is 2.23. The maximum Gasteiger partial charge on any atom is 0.0666 e. The van der Waals surface area contributed by atoms with Crippen LogP contribution in [-0.4, -0.2) is 48.8 Å². The average molecular weight is 226 g/mol. The first-order valence-electron chi connectivity index (χ1n) is 6.79. The molecule has 3 nitrogen and oxygen atoms in total. The topological polar surface area (TPSA) is 24.5 Å². The molecule has 2 heterocycles. The molecule has 0 aromatic carbocycles. The molecule has 1 N–H and O–H groups in total. The molecule has 0 bridgehead atoms. The fourth-order valence-electron chi connectivity index (χ4n) is 2.95. The van der Waals surface area contributed by atoms with Gasteiger partial charge in [0.1, 0.15) is 0 Å². The van der Waals surface area contributed by atoms with Crippen LogP contribution in [0, 0.1) is 0 Å². The number of ether oxygens (including phenoxy) is 1. The fraction of sp³-hybridized carbons (Fsp3) is 1.00. The molecule has 0 aromatic rings. The fourth-order valence-corrected chi connectivity index (χ4v) is 2.95. The summed E-state index contributed by atoms with van der Waals surface area (Å²) in [6.45, 7) is 11.3. The van der Waals surface area contributed by atoms with Crippen LogP contribution < -0.4 is 5.32 Å². The maximum atomic E-state index is 5.93. The molecule has 2 fully saturated rings. The van der Waals surface area contributed by atoms with Crippen LogP contribution in [0.4, 0.5) is 0 Å². The van der Waals surface area contributed by atoms with Gasteiger partial charge in [-0.15, -0.1) is 0 Å². The molecule has 0 radical (unpaired) electrons. The van der Waals surface area contributed by atoms with E-state index in [1.165, 1.54) is 32.5 Å². The van der Waals surface area contributed by atoms with Gasteiger partial charge in [-0.05, 0) is 32.7 Å². The Hall–Kier alpha value is -0.120. The van der Waals surface area contributed by atoms with Crippen molar-refractivity contribution in [1.29, 1.82) is 0 Å². The summed E-state index contributed by atoms with van der Waals surface area (Å²) in [5, 5.41) is 3.38. The molecule has 2 aliphatic heterocycles. The molecule has 0 aliphatic carbocycles. The van der Waals surface area contributed by atoms with Crippen molar-refractivity contribution in [1.82, 2.24) is 10.2 Å². The number of nitrogens with zero attached hydrogens (tertiary/aromatic N) is 1. The minimum Gasteiger partial charge on any atom is -0.375 e. The predicted octanol–water partition coefficient (Wildman–Crippen LogP) is 1.63. The molecule has 2 atom stereocenters. The first-order chi connectivity index (χ1) is 7.68. The van der Waals surface area contributed by atoms with Gasteiger partial charge in [-0.1, -0.05) is 13.8 Å². The van der Waals surface area contributed by atoms with Crippen LogP contribution in [0.1, 0.15) is 40.0 Å². The minimum absolute atomic E-state index is 0.119. The van der Waals surface area contributed by atoms with Gasteiger partial charge in [-0.25, -0.2) is 0 Å². The van der Waals surface area contributed by atoms with E-state index in [0.717, 1.165) is 25.1 Å². The van der Waals surface area contributed by atoms with Gasteiger partial charge in [0, 0.05) is 31.8 Å². The first-order valence-corrected chi connectivity index (χ1v) is 6.79. The zero-order valence-electron chi connectivity index (χ0n) is 11.0. The Morgan fingerprint density at radius 1 is 1.31 bits per heavy atom. The predicted molar refractivity (Wildman–Crippen MR) is 66.7 cm³/mol. The van der Waals surface area contributed by atoms with Crippen LogP contribution in [0.5, 0.6) is 0 Å². The van der Waals surface area contributed by atoms with Crippen molar-refractivity contribution in [3.63, 3.8) is 0 Å².